The van der Waals surface area contributed by atoms with Crippen LogP contribution in [-0.2, 0) is 4.79 Å². The highest BCUT2D eigenvalue weighted by Gasteiger charge is 2.57. The van der Waals surface area contributed by atoms with Gasteiger partial charge < -0.3 is 19.9 Å². The van der Waals surface area contributed by atoms with Crippen LogP contribution < -0.4 is 10.1 Å². The average molecular weight is 400 g/mol. The molecule has 0 aliphatic carbocycles. The number of piperidine rings is 1. The molecule has 6 nitrogen and oxygen atoms in total. The van der Waals surface area contributed by atoms with E-state index in [1.165, 1.54) is 6.42 Å². The number of carbonyl (C=O) groups excluding carboxylic acids is 2. The molecule has 3 aliphatic heterocycles. The molecule has 1 spiro atoms. The van der Waals surface area contributed by atoms with E-state index in [1.54, 1.807) is 13.2 Å². The van der Waals surface area contributed by atoms with Gasteiger partial charge in [0.05, 0.1) is 13.0 Å². The minimum Gasteiger partial charge on any atom is -0.497 e. The molecule has 0 unspecified atom stereocenters. The molecule has 3 fully saturated rings. The molecular weight excluding hydrogens is 366 g/mol. The molecule has 0 bridgehead atoms. The molecular formula is C23H33N3O3. The van der Waals surface area contributed by atoms with E-state index in [0.717, 1.165) is 32.5 Å². The van der Waals surface area contributed by atoms with Gasteiger partial charge in [-0.1, -0.05) is 19.9 Å². The van der Waals surface area contributed by atoms with Crippen LogP contribution in [0.4, 0.5) is 0 Å². The second-order valence-electron chi connectivity index (χ2n) is 9.32. The summed E-state index contributed by atoms with van der Waals surface area (Å²) >= 11 is 0. The molecule has 29 heavy (non-hydrogen) atoms. The Hall–Kier alpha value is -2.08. The van der Waals surface area contributed by atoms with Crippen LogP contribution in [0.2, 0.25) is 0 Å². The van der Waals surface area contributed by atoms with Crippen molar-refractivity contribution in [2.75, 3.05) is 39.8 Å². The van der Waals surface area contributed by atoms with Gasteiger partial charge >= 0.3 is 0 Å². The van der Waals surface area contributed by atoms with Gasteiger partial charge in [-0.25, -0.2) is 0 Å². The van der Waals surface area contributed by atoms with E-state index in [2.05, 4.69) is 24.1 Å². The van der Waals surface area contributed by atoms with Gasteiger partial charge in [-0.15, -0.1) is 0 Å². The maximum atomic E-state index is 12.9. The molecule has 3 heterocycles. The molecule has 0 aromatic heterocycles. The smallest absolute Gasteiger partial charge is 0.253 e. The zero-order valence-corrected chi connectivity index (χ0v) is 17.8. The number of fused-ring (bicyclic) bond motifs is 2. The molecule has 3 saturated heterocycles. The lowest BCUT2D eigenvalue weighted by molar-refractivity contribution is -0.123. The fourth-order valence-corrected chi connectivity index (χ4v) is 5.31. The van der Waals surface area contributed by atoms with Gasteiger partial charge in [0.1, 0.15) is 5.75 Å². The highest BCUT2D eigenvalue weighted by Crippen LogP contribution is 2.44. The van der Waals surface area contributed by atoms with Crippen molar-refractivity contribution in [2.45, 2.75) is 38.6 Å². The largest absolute Gasteiger partial charge is 0.497 e. The Bertz CT molecular complexity index is 770. The van der Waals surface area contributed by atoms with Crippen molar-refractivity contribution in [1.29, 1.82) is 0 Å². The Morgan fingerprint density at radius 2 is 2.03 bits per heavy atom. The molecule has 3 aliphatic rings. The van der Waals surface area contributed by atoms with E-state index < -0.39 is 0 Å². The summed E-state index contributed by atoms with van der Waals surface area (Å²) in [7, 11) is 1.61. The molecule has 4 rings (SSSR count). The first kappa shape index (κ1) is 20.2. The summed E-state index contributed by atoms with van der Waals surface area (Å²) in [5.74, 6) is 2.13. The standard InChI is InChI=1S/C23H33N3O3/c1-16(2)7-10-25-14-19-20(15-25)23(24-21(19)27)8-11-26(12-9-23)22(28)17-5-4-6-18(13-17)29-3/h4-6,13,16,19-20H,7-12,14-15H2,1-3H3,(H,24,27)/t19-,20+/m1/s1. The molecule has 1 aromatic carbocycles. The minimum absolute atomic E-state index is 0.0459. The van der Waals surface area contributed by atoms with E-state index in [4.69, 9.17) is 4.74 Å². The maximum absolute atomic E-state index is 12.9. The predicted molar refractivity (Wildman–Crippen MR) is 112 cm³/mol. The number of benzene rings is 1. The fraction of sp³-hybridized carbons (Fsp3) is 0.652. The lowest BCUT2D eigenvalue weighted by Crippen LogP contribution is -2.56. The van der Waals surface area contributed by atoms with Gasteiger partial charge in [-0.2, -0.15) is 0 Å². The van der Waals surface area contributed by atoms with Gasteiger partial charge in [-0.3, -0.25) is 9.59 Å². The average Bonchev–Trinajstić information content (AvgIpc) is 3.26. The fourth-order valence-electron chi connectivity index (χ4n) is 5.31. The number of carbonyl (C=O) groups is 2. The third kappa shape index (κ3) is 3.87. The van der Waals surface area contributed by atoms with Gasteiger partial charge in [0.2, 0.25) is 5.91 Å². The quantitative estimate of drug-likeness (QED) is 0.826. The zero-order chi connectivity index (χ0) is 20.6. The Morgan fingerprint density at radius 3 is 2.72 bits per heavy atom. The summed E-state index contributed by atoms with van der Waals surface area (Å²) in [6.07, 6.45) is 2.86. The molecule has 0 radical (unpaired) electrons. The Kier molecular flexibility index (Phi) is 5.56. The predicted octanol–water partition coefficient (Wildman–Crippen LogP) is 2.39. The third-order valence-corrected chi connectivity index (χ3v) is 7.10. The van der Waals surface area contributed by atoms with Crippen LogP contribution in [0.15, 0.2) is 24.3 Å². The lowest BCUT2D eigenvalue weighted by Gasteiger charge is -2.42. The molecule has 2 atom stereocenters. The number of methoxy groups -OCH3 is 1. The first-order valence-corrected chi connectivity index (χ1v) is 10.9. The lowest BCUT2D eigenvalue weighted by atomic mass is 9.75. The summed E-state index contributed by atoms with van der Waals surface area (Å²) in [5.41, 5.74) is 0.522. The summed E-state index contributed by atoms with van der Waals surface area (Å²) < 4.78 is 5.25. The molecule has 6 heteroatoms. The highest BCUT2D eigenvalue weighted by molar-refractivity contribution is 5.94. The Morgan fingerprint density at radius 1 is 1.28 bits per heavy atom. The zero-order valence-electron chi connectivity index (χ0n) is 17.8. The number of rotatable bonds is 5. The summed E-state index contributed by atoms with van der Waals surface area (Å²) in [5, 5.41) is 3.35. The van der Waals surface area contributed by atoms with Crippen LogP contribution in [0.1, 0.15) is 43.5 Å². The van der Waals surface area contributed by atoms with E-state index in [9.17, 15) is 9.59 Å². The summed E-state index contributed by atoms with van der Waals surface area (Å²) in [6, 6.07) is 7.33. The van der Waals surface area contributed by atoms with Crippen molar-refractivity contribution in [2.24, 2.45) is 17.8 Å². The van der Waals surface area contributed by atoms with E-state index >= 15 is 0 Å². The molecule has 1 N–H and O–H groups in total. The van der Waals surface area contributed by atoms with Crippen molar-refractivity contribution in [3.05, 3.63) is 29.8 Å². The van der Waals surface area contributed by atoms with Crippen molar-refractivity contribution in [1.82, 2.24) is 15.1 Å². The Labute approximate surface area is 173 Å². The van der Waals surface area contributed by atoms with Crippen LogP contribution >= 0.6 is 0 Å². The maximum Gasteiger partial charge on any atom is 0.253 e. The minimum atomic E-state index is -0.139. The van der Waals surface area contributed by atoms with Crippen molar-refractivity contribution < 1.29 is 14.3 Å². The number of amides is 2. The van der Waals surface area contributed by atoms with Crippen LogP contribution in [0, 0.1) is 17.8 Å². The van der Waals surface area contributed by atoms with Crippen LogP contribution in [-0.4, -0.2) is 67.0 Å². The first-order chi connectivity index (χ1) is 13.9. The summed E-state index contributed by atoms with van der Waals surface area (Å²) in [4.78, 5) is 30.0. The first-order valence-electron chi connectivity index (χ1n) is 10.9. The number of hydrogen-bond donors (Lipinski definition) is 1. The van der Waals surface area contributed by atoms with Crippen LogP contribution in [0.3, 0.4) is 0 Å². The van der Waals surface area contributed by atoms with Crippen molar-refractivity contribution in [3.63, 3.8) is 0 Å². The van der Waals surface area contributed by atoms with Gasteiger partial charge in [0, 0.05) is 43.2 Å². The van der Waals surface area contributed by atoms with Gasteiger partial charge in [-0.05, 0) is 49.9 Å². The van der Waals surface area contributed by atoms with Crippen molar-refractivity contribution >= 4 is 11.8 Å². The van der Waals surface area contributed by atoms with Crippen LogP contribution in [0.25, 0.3) is 0 Å². The summed E-state index contributed by atoms with van der Waals surface area (Å²) in [6.45, 7) is 8.84. The highest BCUT2D eigenvalue weighted by atomic mass is 16.5. The van der Waals surface area contributed by atoms with Crippen molar-refractivity contribution in [3.8, 4) is 5.75 Å². The number of nitrogens with zero attached hydrogens (tertiary/aromatic N) is 2. The molecule has 1 aromatic rings. The number of likely N-dealkylation sites (tertiary alicyclic amines) is 2. The van der Waals surface area contributed by atoms with E-state index in [1.807, 2.05) is 23.1 Å². The number of ether oxygens (including phenoxy) is 1. The molecule has 158 valence electrons. The van der Waals surface area contributed by atoms with E-state index in [0.29, 0.717) is 36.2 Å². The monoisotopic (exact) mass is 399 g/mol. The topological polar surface area (TPSA) is 61.9 Å². The Balaban J connectivity index is 1.40. The molecule has 2 amide bonds. The second kappa shape index (κ2) is 7.98. The third-order valence-electron chi connectivity index (χ3n) is 7.10. The van der Waals surface area contributed by atoms with Crippen LogP contribution in [0.5, 0.6) is 5.75 Å². The number of nitrogens with one attached hydrogen (secondary N) is 1. The SMILES string of the molecule is COc1cccc(C(=O)N2CCC3(CC2)NC(=O)[C@@H]2CN(CCC(C)C)C[C@@H]23)c1. The molecule has 0 saturated carbocycles. The second-order valence-corrected chi connectivity index (χ2v) is 9.32. The number of hydrogen-bond acceptors (Lipinski definition) is 4. The van der Waals surface area contributed by atoms with E-state index in [-0.39, 0.29) is 23.3 Å². The normalized spacial score (nSPS) is 26.1. The van der Waals surface area contributed by atoms with Gasteiger partial charge in [0.15, 0.2) is 0 Å². The van der Waals surface area contributed by atoms with Gasteiger partial charge in [0.25, 0.3) is 5.91 Å².